The third-order valence-electron chi connectivity index (χ3n) is 4.70. The molecule has 6 nitrogen and oxygen atoms in total. The number of ether oxygens (including phenoxy) is 2. The number of hydrogen-bond donors (Lipinski definition) is 1. The molecule has 0 heterocycles. The molecule has 1 atom stereocenters. The van der Waals surface area contributed by atoms with E-state index >= 15 is 0 Å². The van der Waals surface area contributed by atoms with Crippen molar-refractivity contribution < 1.29 is 19.1 Å². The molecule has 1 N–H and O–H groups in total. The molecular formula is C25H34N2O4. The number of nitrogens with one attached hydrogen (secondary N) is 1. The van der Waals surface area contributed by atoms with Crippen LogP contribution in [0.1, 0.15) is 46.1 Å². The van der Waals surface area contributed by atoms with E-state index in [2.05, 4.69) is 5.32 Å². The summed E-state index contributed by atoms with van der Waals surface area (Å²) in [4.78, 5) is 27.5. The summed E-state index contributed by atoms with van der Waals surface area (Å²) in [5, 5.41) is 2.97. The predicted octanol–water partition coefficient (Wildman–Crippen LogP) is 4.19. The second-order valence-electron chi connectivity index (χ2n) is 8.55. The maximum absolute atomic E-state index is 13.1. The van der Waals surface area contributed by atoms with Gasteiger partial charge in [-0.15, -0.1) is 0 Å². The minimum Gasteiger partial charge on any atom is -0.497 e. The maximum atomic E-state index is 13.1. The second kappa shape index (κ2) is 11.4. The molecule has 0 fully saturated rings. The van der Waals surface area contributed by atoms with E-state index < -0.39 is 6.04 Å². The molecule has 0 aliphatic heterocycles. The Labute approximate surface area is 185 Å². The van der Waals surface area contributed by atoms with Crippen LogP contribution in [0.5, 0.6) is 11.5 Å². The summed E-state index contributed by atoms with van der Waals surface area (Å²) in [7, 11) is 1.61. The van der Waals surface area contributed by atoms with Crippen LogP contribution in [0.15, 0.2) is 54.6 Å². The highest BCUT2D eigenvalue weighted by molar-refractivity contribution is 5.87. The van der Waals surface area contributed by atoms with Gasteiger partial charge < -0.3 is 19.7 Å². The van der Waals surface area contributed by atoms with Gasteiger partial charge in [-0.05, 0) is 63.9 Å². The van der Waals surface area contributed by atoms with E-state index in [-0.39, 0.29) is 17.4 Å². The zero-order chi connectivity index (χ0) is 22.9. The fourth-order valence-corrected chi connectivity index (χ4v) is 3.10. The van der Waals surface area contributed by atoms with Gasteiger partial charge in [-0.3, -0.25) is 9.59 Å². The average Bonchev–Trinajstić information content (AvgIpc) is 2.74. The van der Waals surface area contributed by atoms with Crippen LogP contribution in [0.2, 0.25) is 0 Å². The van der Waals surface area contributed by atoms with Gasteiger partial charge in [0.1, 0.15) is 17.5 Å². The first-order valence-electron chi connectivity index (χ1n) is 10.6. The first kappa shape index (κ1) is 24.3. The fourth-order valence-electron chi connectivity index (χ4n) is 3.10. The molecule has 168 valence electrons. The van der Waals surface area contributed by atoms with Gasteiger partial charge in [-0.2, -0.15) is 0 Å². The summed E-state index contributed by atoms with van der Waals surface area (Å²) in [5.74, 6) is 1.23. The highest BCUT2D eigenvalue weighted by atomic mass is 16.5. The van der Waals surface area contributed by atoms with Crippen LogP contribution < -0.4 is 14.8 Å². The van der Waals surface area contributed by atoms with Crippen LogP contribution in [-0.2, 0) is 16.1 Å². The Balaban J connectivity index is 2.05. The summed E-state index contributed by atoms with van der Waals surface area (Å²) in [6, 6.07) is 16.5. The van der Waals surface area contributed by atoms with Crippen molar-refractivity contribution in [3.05, 3.63) is 60.2 Å². The predicted molar refractivity (Wildman–Crippen MR) is 122 cm³/mol. The Bertz CT molecular complexity index is 846. The number of benzene rings is 2. The summed E-state index contributed by atoms with van der Waals surface area (Å²) in [6.07, 6.45) is 0.861. The lowest BCUT2D eigenvalue weighted by molar-refractivity contribution is -0.141. The molecule has 2 rings (SSSR count). The zero-order valence-electron chi connectivity index (χ0n) is 19.2. The molecule has 0 aliphatic rings. The molecule has 2 aromatic rings. The first-order chi connectivity index (χ1) is 14.7. The van der Waals surface area contributed by atoms with Crippen LogP contribution in [0.4, 0.5) is 0 Å². The Morgan fingerprint density at radius 2 is 1.71 bits per heavy atom. The minimum atomic E-state index is -0.604. The Morgan fingerprint density at radius 1 is 1.03 bits per heavy atom. The smallest absolute Gasteiger partial charge is 0.242 e. The maximum Gasteiger partial charge on any atom is 0.242 e. The minimum absolute atomic E-state index is 0.0870. The third kappa shape index (κ3) is 8.32. The van der Waals surface area contributed by atoms with Crippen molar-refractivity contribution in [1.29, 1.82) is 0 Å². The zero-order valence-corrected chi connectivity index (χ0v) is 19.2. The van der Waals surface area contributed by atoms with Crippen LogP contribution in [0, 0.1) is 0 Å². The number of rotatable bonds is 10. The SMILES string of the molecule is COc1cccc(CN(C(=O)CCCOc2ccccc2)C(C)C(=O)NC(C)(C)C)c1. The number of methoxy groups -OCH3 is 1. The van der Waals surface area contributed by atoms with E-state index in [9.17, 15) is 9.59 Å². The van der Waals surface area contributed by atoms with E-state index in [4.69, 9.17) is 9.47 Å². The van der Waals surface area contributed by atoms with Gasteiger partial charge in [0.25, 0.3) is 0 Å². The normalized spacial score (nSPS) is 12.0. The summed E-state index contributed by atoms with van der Waals surface area (Å²) in [5.41, 5.74) is 0.531. The standard InChI is InChI=1S/C25H34N2O4/c1-19(24(29)26-25(2,3)4)27(18-20-11-9-14-22(17-20)30-5)23(28)15-10-16-31-21-12-7-6-8-13-21/h6-9,11-14,17,19H,10,15-16,18H2,1-5H3,(H,26,29). The largest absolute Gasteiger partial charge is 0.497 e. The van der Waals surface area contributed by atoms with Gasteiger partial charge in [-0.1, -0.05) is 30.3 Å². The molecule has 0 spiro atoms. The first-order valence-corrected chi connectivity index (χ1v) is 10.6. The monoisotopic (exact) mass is 426 g/mol. The van der Waals surface area contributed by atoms with Crippen molar-refractivity contribution >= 4 is 11.8 Å². The molecule has 31 heavy (non-hydrogen) atoms. The van der Waals surface area contributed by atoms with Gasteiger partial charge in [-0.25, -0.2) is 0 Å². The quantitative estimate of drug-likeness (QED) is 0.579. The second-order valence-corrected chi connectivity index (χ2v) is 8.55. The molecule has 2 amide bonds. The van der Waals surface area contributed by atoms with Gasteiger partial charge in [0.05, 0.1) is 13.7 Å². The van der Waals surface area contributed by atoms with Gasteiger partial charge in [0.15, 0.2) is 0 Å². The molecule has 2 aromatic carbocycles. The highest BCUT2D eigenvalue weighted by Crippen LogP contribution is 2.18. The summed E-state index contributed by atoms with van der Waals surface area (Å²) >= 11 is 0. The van der Waals surface area contributed by atoms with Gasteiger partial charge in [0, 0.05) is 18.5 Å². The van der Waals surface area contributed by atoms with Crippen molar-refractivity contribution in [2.24, 2.45) is 0 Å². The van der Waals surface area contributed by atoms with Crippen LogP contribution in [0.25, 0.3) is 0 Å². The van der Waals surface area contributed by atoms with E-state index in [1.54, 1.807) is 18.9 Å². The number of para-hydroxylation sites is 1. The summed E-state index contributed by atoms with van der Waals surface area (Å²) in [6.45, 7) is 8.30. The van der Waals surface area contributed by atoms with Crippen molar-refractivity contribution in [1.82, 2.24) is 10.2 Å². The van der Waals surface area contributed by atoms with Crippen molar-refractivity contribution in [2.75, 3.05) is 13.7 Å². The Hall–Kier alpha value is -3.02. The van der Waals surface area contributed by atoms with Crippen LogP contribution in [0.3, 0.4) is 0 Å². The molecule has 0 radical (unpaired) electrons. The molecule has 0 aliphatic carbocycles. The average molecular weight is 427 g/mol. The number of carbonyl (C=O) groups is 2. The van der Waals surface area contributed by atoms with E-state index in [1.165, 1.54) is 0 Å². The van der Waals surface area contributed by atoms with Crippen molar-refractivity contribution in [2.45, 2.75) is 58.7 Å². The fraction of sp³-hybridized carbons (Fsp3) is 0.440. The molecule has 1 unspecified atom stereocenters. The van der Waals surface area contributed by atoms with Gasteiger partial charge >= 0.3 is 0 Å². The van der Waals surface area contributed by atoms with E-state index in [0.29, 0.717) is 31.7 Å². The number of amides is 2. The lowest BCUT2D eigenvalue weighted by atomic mass is 10.1. The molecule has 0 aromatic heterocycles. The van der Waals surface area contributed by atoms with E-state index in [1.807, 2.05) is 75.4 Å². The molecule has 0 bridgehead atoms. The summed E-state index contributed by atoms with van der Waals surface area (Å²) < 4.78 is 11.0. The molecular weight excluding hydrogens is 392 g/mol. The lowest BCUT2D eigenvalue weighted by Gasteiger charge is -2.31. The van der Waals surface area contributed by atoms with Crippen LogP contribution >= 0.6 is 0 Å². The Morgan fingerprint density at radius 3 is 2.35 bits per heavy atom. The van der Waals surface area contributed by atoms with Crippen molar-refractivity contribution in [3.63, 3.8) is 0 Å². The third-order valence-corrected chi connectivity index (χ3v) is 4.70. The van der Waals surface area contributed by atoms with Gasteiger partial charge in [0.2, 0.25) is 11.8 Å². The topological polar surface area (TPSA) is 67.9 Å². The molecule has 0 saturated carbocycles. The van der Waals surface area contributed by atoms with Crippen LogP contribution in [-0.4, -0.2) is 42.0 Å². The Kier molecular flexibility index (Phi) is 8.91. The van der Waals surface area contributed by atoms with E-state index in [0.717, 1.165) is 11.3 Å². The number of nitrogens with zero attached hydrogens (tertiary/aromatic N) is 1. The lowest BCUT2D eigenvalue weighted by Crippen LogP contribution is -2.52. The number of hydrogen-bond acceptors (Lipinski definition) is 4. The molecule has 6 heteroatoms. The van der Waals surface area contributed by atoms with Crippen molar-refractivity contribution in [3.8, 4) is 11.5 Å². The number of carbonyl (C=O) groups excluding carboxylic acids is 2. The molecule has 0 saturated heterocycles. The highest BCUT2D eigenvalue weighted by Gasteiger charge is 2.28.